The van der Waals surface area contributed by atoms with Crippen LogP contribution in [0.3, 0.4) is 0 Å². The summed E-state index contributed by atoms with van der Waals surface area (Å²) in [6.45, 7) is 4.62. The van der Waals surface area contributed by atoms with Crippen molar-refractivity contribution in [2.75, 3.05) is 6.54 Å². The predicted molar refractivity (Wildman–Crippen MR) is 142 cm³/mol. The molecule has 5 nitrogen and oxygen atoms in total. The third-order valence-corrected chi connectivity index (χ3v) is 7.62. The van der Waals surface area contributed by atoms with Crippen molar-refractivity contribution in [3.8, 4) is 0 Å². The smallest absolute Gasteiger partial charge is 0.294 e. The summed E-state index contributed by atoms with van der Waals surface area (Å²) in [6, 6.07) is 38.0. The van der Waals surface area contributed by atoms with Crippen LogP contribution in [0.15, 0.2) is 120 Å². The lowest BCUT2D eigenvalue weighted by molar-refractivity contribution is -0.0929. The van der Waals surface area contributed by atoms with Crippen molar-refractivity contribution in [3.63, 3.8) is 0 Å². The van der Waals surface area contributed by atoms with E-state index in [4.69, 9.17) is 4.55 Å². The fourth-order valence-electron chi connectivity index (χ4n) is 4.78. The predicted octanol–water partition coefficient (Wildman–Crippen LogP) is 5.29. The first kappa shape index (κ1) is 25.8. The van der Waals surface area contributed by atoms with Gasteiger partial charge in [0.25, 0.3) is 10.1 Å². The molecule has 1 aliphatic rings. The second-order valence-electron chi connectivity index (χ2n) is 9.06. The van der Waals surface area contributed by atoms with Gasteiger partial charge < -0.3 is 5.11 Å². The number of rotatable bonds is 5. The van der Waals surface area contributed by atoms with Crippen molar-refractivity contribution in [1.29, 1.82) is 0 Å². The van der Waals surface area contributed by atoms with E-state index >= 15 is 0 Å². The number of nitrogens with zero attached hydrogens (tertiary/aromatic N) is 1. The van der Waals surface area contributed by atoms with E-state index in [9.17, 15) is 13.5 Å². The molecular formula is C30H31NO4S. The highest BCUT2D eigenvalue weighted by Crippen LogP contribution is 2.46. The first-order chi connectivity index (χ1) is 17.2. The summed E-state index contributed by atoms with van der Waals surface area (Å²) < 4.78 is 29.6. The number of hydrogen-bond donors (Lipinski definition) is 2. The molecule has 1 heterocycles. The molecular weight excluding hydrogens is 470 g/mol. The van der Waals surface area contributed by atoms with Crippen LogP contribution in [0.2, 0.25) is 0 Å². The van der Waals surface area contributed by atoms with E-state index in [0.29, 0.717) is 6.54 Å². The van der Waals surface area contributed by atoms with Crippen LogP contribution in [-0.4, -0.2) is 41.7 Å². The number of aliphatic hydroxyl groups excluding tert-OH is 1. The van der Waals surface area contributed by atoms with Gasteiger partial charge in [-0.25, -0.2) is 0 Å². The number of hydrogen-bond acceptors (Lipinski definition) is 4. The highest BCUT2D eigenvalue weighted by Gasteiger charge is 2.50. The maximum atomic E-state index is 10.5. The van der Waals surface area contributed by atoms with Crippen molar-refractivity contribution in [2.24, 2.45) is 0 Å². The molecule has 0 aliphatic carbocycles. The SMILES string of the molecule is CC1C(O)CN1C(c1ccccc1)(c1ccccc1)c1ccccc1.Cc1ccc(S(=O)(=O)O)cc1. The van der Waals surface area contributed by atoms with Gasteiger partial charge in [0.1, 0.15) is 0 Å². The lowest BCUT2D eigenvalue weighted by atomic mass is 9.72. The Labute approximate surface area is 213 Å². The average Bonchev–Trinajstić information content (AvgIpc) is 2.90. The molecule has 5 rings (SSSR count). The van der Waals surface area contributed by atoms with Crippen LogP contribution >= 0.6 is 0 Å². The van der Waals surface area contributed by atoms with E-state index in [1.165, 1.54) is 28.8 Å². The third kappa shape index (κ3) is 5.13. The van der Waals surface area contributed by atoms with Crippen molar-refractivity contribution in [3.05, 3.63) is 138 Å². The maximum Gasteiger partial charge on any atom is 0.294 e. The largest absolute Gasteiger partial charge is 0.390 e. The minimum atomic E-state index is -4.02. The molecule has 0 amide bonds. The highest BCUT2D eigenvalue weighted by molar-refractivity contribution is 7.85. The number of aryl methyl sites for hydroxylation is 1. The third-order valence-electron chi connectivity index (χ3n) is 6.76. The Morgan fingerprint density at radius 2 is 1.11 bits per heavy atom. The zero-order valence-electron chi connectivity index (χ0n) is 20.4. The van der Waals surface area contributed by atoms with E-state index in [-0.39, 0.29) is 17.0 Å². The Balaban J connectivity index is 0.000000233. The van der Waals surface area contributed by atoms with Crippen molar-refractivity contribution < 1.29 is 18.1 Å². The molecule has 2 atom stereocenters. The molecule has 6 heteroatoms. The lowest BCUT2D eigenvalue weighted by Crippen LogP contribution is -2.67. The zero-order valence-corrected chi connectivity index (χ0v) is 21.2. The van der Waals surface area contributed by atoms with Gasteiger partial charge in [0.15, 0.2) is 0 Å². The molecule has 186 valence electrons. The van der Waals surface area contributed by atoms with Crippen molar-refractivity contribution in [1.82, 2.24) is 4.90 Å². The summed E-state index contributed by atoms with van der Waals surface area (Å²) in [6.07, 6.45) is -0.282. The van der Waals surface area contributed by atoms with Gasteiger partial charge in [0.05, 0.1) is 16.5 Å². The minimum Gasteiger partial charge on any atom is -0.390 e. The summed E-state index contributed by atoms with van der Waals surface area (Å²) in [5, 5.41) is 10.2. The molecule has 1 saturated heterocycles. The van der Waals surface area contributed by atoms with Crippen LogP contribution in [0.25, 0.3) is 0 Å². The summed E-state index contributed by atoms with van der Waals surface area (Å²) in [5.74, 6) is 0. The number of β-amino-alcohol motifs (C(OH)–C–C–N with tert-alkyl or cyclic N) is 1. The topological polar surface area (TPSA) is 77.8 Å². The number of aliphatic hydroxyl groups is 1. The normalized spacial score (nSPS) is 18.0. The van der Waals surface area contributed by atoms with Crippen LogP contribution in [0, 0.1) is 6.92 Å². The first-order valence-corrected chi connectivity index (χ1v) is 13.3. The van der Waals surface area contributed by atoms with Gasteiger partial charge in [0, 0.05) is 12.6 Å². The van der Waals surface area contributed by atoms with Crippen molar-refractivity contribution in [2.45, 2.75) is 36.4 Å². The lowest BCUT2D eigenvalue weighted by Gasteiger charge is -2.56. The highest BCUT2D eigenvalue weighted by atomic mass is 32.2. The van der Waals surface area contributed by atoms with E-state index in [1.54, 1.807) is 12.1 Å². The Morgan fingerprint density at radius 3 is 1.42 bits per heavy atom. The van der Waals surface area contributed by atoms with E-state index in [1.807, 2.05) is 6.92 Å². The van der Waals surface area contributed by atoms with Gasteiger partial charge in [-0.05, 0) is 42.7 Å². The fourth-order valence-corrected chi connectivity index (χ4v) is 5.26. The molecule has 4 aromatic rings. The molecule has 0 bridgehead atoms. The van der Waals surface area contributed by atoms with Gasteiger partial charge in [-0.2, -0.15) is 8.42 Å². The van der Waals surface area contributed by atoms with Gasteiger partial charge in [-0.3, -0.25) is 9.45 Å². The second kappa shape index (κ2) is 10.8. The molecule has 0 radical (unpaired) electrons. The maximum absolute atomic E-state index is 10.5. The fraction of sp³-hybridized carbons (Fsp3) is 0.200. The number of likely N-dealkylation sites (tertiary alicyclic amines) is 1. The van der Waals surface area contributed by atoms with Crippen LogP contribution in [0.5, 0.6) is 0 Å². The van der Waals surface area contributed by atoms with Gasteiger partial charge in [-0.15, -0.1) is 0 Å². The quantitative estimate of drug-likeness (QED) is 0.287. The molecule has 2 N–H and O–H groups in total. The standard InChI is InChI=1S/C23H23NO.C7H8O3S/c1-18-22(25)17-24(18)23(19-11-5-2-6-12-19,20-13-7-3-8-14-20)21-15-9-4-10-16-21;1-6-2-4-7(5-3-6)11(8,9)10/h2-16,18,22,25H,17H2,1H3;2-5H,1H3,(H,8,9,10). The Hall–Kier alpha value is -3.29. The van der Waals surface area contributed by atoms with Crippen LogP contribution in [-0.2, 0) is 15.7 Å². The minimum absolute atomic E-state index is 0.0666. The summed E-state index contributed by atoms with van der Waals surface area (Å²) >= 11 is 0. The van der Waals surface area contributed by atoms with Gasteiger partial charge in [-0.1, -0.05) is 109 Å². The van der Waals surface area contributed by atoms with E-state index < -0.39 is 15.7 Å². The molecule has 2 unspecified atom stereocenters. The van der Waals surface area contributed by atoms with Crippen molar-refractivity contribution >= 4 is 10.1 Å². The monoisotopic (exact) mass is 501 g/mol. The second-order valence-corrected chi connectivity index (χ2v) is 10.5. The Morgan fingerprint density at radius 1 is 0.722 bits per heavy atom. The van der Waals surface area contributed by atoms with E-state index in [0.717, 1.165) is 5.56 Å². The Kier molecular flexibility index (Phi) is 7.71. The molecule has 0 spiro atoms. The van der Waals surface area contributed by atoms with Gasteiger partial charge in [0.2, 0.25) is 0 Å². The van der Waals surface area contributed by atoms with E-state index in [2.05, 4.69) is 103 Å². The summed E-state index contributed by atoms with van der Waals surface area (Å²) in [4.78, 5) is 2.35. The molecule has 1 aliphatic heterocycles. The molecule has 0 saturated carbocycles. The van der Waals surface area contributed by atoms with Gasteiger partial charge >= 0.3 is 0 Å². The van der Waals surface area contributed by atoms with Crippen LogP contribution in [0.4, 0.5) is 0 Å². The zero-order chi connectivity index (χ0) is 25.8. The molecule has 4 aromatic carbocycles. The molecule has 1 fully saturated rings. The van der Waals surface area contributed by atoms with Crippen LogP contribution in [0.1, 0.15) is 29.2 Å². The summed E-state index contributed by atoms with van der Waals surface area (Å²) in [7, 11) is -4.02. The first-order valence-electron chi connectivity index (χ1n) is 11.9. The molecule has 36 heavy (non-hydrogen) atoms. The number of benzene rings is 4. The van der Waals surface area contributed by atoms with Crippen LogP contribution < -0.4 is 0 Å². The molecule has 0 aromatic heterocycles. The Bertz CT molecular complexity index is 1260. The average molecular weight is 502 g/mol. The summed E-state index contributed by atoms with van der Waals surface area (Å²) in [5.41, 5.74) is 4.24.